The quantitative estimate of drug-likeness (QED) is 0.730. The minimum atomic E-state index is -0.131. The summed E-state index contributed by atoms with van der Waals surface area (Å²) in [5.74, 6) is 1.40. The van der Waals surface area contributed by atoms with Gasteiger partial charge in [-0.25, -0.2) is 0 Å². The van der Waals surface area contributed by atoms with Crippen LogP contribution in [0.1, 0.15) is 30.5 Å². The van der Waals surface area contributed by atoms with Crippen LogP contribution in [-0.2, 0) is 23.2 Å². The first-order valence-electron chi connectivity index (χ1n) is 8.08. The zero-order valence-electron chi connectivity index (χ0n) is 14.2. The van der Waals surface area contributed by atoms with E-state index in [1.54, 1.807) is 11.8 Å². The van der Waals surface area contributed by atoms with Crippen molar-refractivity contribution in [2.24, 2.45) is 13.0 Å². The van der Waals surface area contributed by atoms with Crippen molar-refractivity contribution >= 4 is 5.97 Å². The van der Waals surface area contributed by atoms with Crippen LogP contribution in [-0.4, -0.2) is 29.5 Å². The lowest BCUT2D eigenvalue weighted by atomic mass is 10.1. The second kappa shape index (κ2) is 6.95. The second-order valence-electron chi connectivity index (χ2n) is 5.87. The average molecular weight is 330 g/mol. The first kappa shape index (κ1) is 16.4. The summed E-state index contributed by atoms with van der Waals surface area (Å²) in [6.45, 7) is 2.61. The van der Waals surface area contributed by atoms with E-state index in [1.165, 1.54) is 0 Å². The van der Waals surface area contributed by atoms with Gasteiger partial charge in [0.05, 0.1) is 25.3 Å². The van der Waals surface area contributed by atoms with E-state index in [4.69, 9.17) is 14.2 Å². The molecule has 0 N–H and O–H groups in total. The zero-order chi connectivity index (χ0) is 17.1. The van der Waals surface area contributed by atoms with E-state index in [-0.39, 0.29) is 17.8 Å². The van der Waals surface area contributed by atoms with Crippen LogP contribution in [0.2, 0.25) is 0 Å². The maximum absolute atomic E-state index is 11.9. The minimum Gasteiger partial charge on any atom is -0.497 e. The predicted octanol–water partition coefficient (Wildman–Crippen LogP) is 2.67. The number of rotatable bonds is 7. The Morgan fingerprint density at radius 1 is 1.38 bits per heavy atom. The highest BCUT2D eigenvalue weighted by atomic mass is 16.5. The van der Waals surface area contributed by atoms with Gasteiger partial charge in [0, 0.05) is 25.2 Å². The molecule has 0 radical (unpaired) electrons. The van der Waals surface area contributed by atoms with Crippen molar-refractivity contribution in [3.05, 3.63) is 41.7 Å². The molecular weight excluding hydrogens is 308 g/mol. The number of benzene rings is 1. The Balaban J connectivity index is 1.75. The van der Waals surface area contributed by atoms with Crippen molar-refractivity contribution < 1.29 is 19.0 Å². The van der Waals surface area contributed by atoms with E-state index < -0.39 is 0 Å². The van der Waals surface area contributed by atoms with Gasteiger partial charge in [0.25, 0.3) is 0 Å². The molecule has 2 atom stereocenters. The van der Waals surface area contributed by atoms with Gasteiger partial charge in [0.2, 0.25) is 0 Å². The number of ether oxygens (including phenoxy) is 3. The number of aryl methyl sites for hydroxylation is 1. The van der Waals surface area contributed by atoms with Gasteiger partial charge in [-0.15, -0.1) is 0 Å². The monoisotopic (exact) mass is 330 g/mol. The third-order valence-corrected chi connectivity index (χ3v) is 4.14. The summed E-state index contributed by atoms with van der Waals surface area (Å²) < 4.78 is 18.1. The molecule has 6 heteroatoms. The average Bonchev–Trinajstić information content (AvgIpc) is 3.28. The molecule has 6 nitrogen and oxygen atoms in total. The van der Waals surface area contributed by atoms with Crippen molar-refractivity contribution in [3.63, 3.8) is 0 Å². The van der Waals surface area contributed by atoms with Crippen LogP contribution < -0.4 is 9.47 Å². The summed E-state index contributed by atoms with van der Waals surface area (Å²) in [5.41, 5.74) is 1.87. The number of esters is 1. The summed E-state index contributed by atoms with van der Waals surface area (Å²) in [6.07, 6.45) is 2.67. The normalized spacial score (nSPS) is 19.0. The molecule has 128 valence electrons. The molecule has 0 saturated heterocycles. The van der Waals surface area contributed by atoms with Crippen LogP contribution in [0, 0.1) is 5.92 Å². The summed E-state index contributed by atoms with van der Waals surface area (Å²) in [5, 5.41) is 4.31. The lowest BCUT2D eigenvalue weighted by molar-refractivity contribution is -0.144. The third kappa shape index (κ3) is 3.53. The van der Waals surface area contributed by atoms with E-state index in [9.17, 15) is 4.79 Å². The van der Waals surface area contributed by atoms with E-state index in [2.05, 4.69) is 5.10 Å². The fourth-order valence-corrected chi connectivity index (χ4v) is 2.81. The highest BCUT2D eigenvalue weighted by Gasteiger charge is 2.46. The lowest BCUT2D eigenvalue weighted by Crippen LogP contribution is -2.08. The van der Waals surface area contributed by atoms with Crippen LogP contribution in [0.15, 0.2) is 30.5 Å². The van der Waals surface area contributed by atoms with Crippen molar-refractivity contribution in [1.29, 1.82) is 0 Å². The maximum Gasteiger partial charge on any atom is 0.309 e. The van der Waals surface area contributed by atoms with Crippen molar-refractivity contribution in [2.45, 2.75) is 25.9 Å². The first-order chi connectivity index (χ1) is 11.6. The molecule has 1 aliphatic rings. The lowest BCUT2D eigenvalue weighted by Gasteiger charge is -2.12. The molecule has 3 rings (SSSR count). The summed E-state index contributed by atoms with van der Waals surface area (Å²) in [6, 6.07) is 7.64. The molecule has 1 aromatic heterocycles. The zero-order valence-corrected chi connectivity index (χ0v) is 14.2. The maximum atomic E-state index is 11.9. The van der Waals surface area contributed by atoms with Gasteiger partial charge in [0.1, 0.15) is 18.1 Å². The summed E-state index contributed by atoms with van der Waals surface area (Å²) in [7, 11) is 3.49. The number of nitrogens with zero attached hydrogens (tertiary/aromatic N) is 2. The fourth-order valence-electron chi connectivity index (χ4n) is 2.81. The van der Waals surface area contributed by atoms with Crippen molar-refractivity contribution in [1.82, 2.24) is 9.78 Å². The van der Waals surface area contributed by atoms with E-state index in [1.807, 2.05) is 44.4 Å². The second-order valence-corrected chi connectivity index (χ2v) is 5.87. The smallest absolute Gasteiger partial charge is 0.309 e. The topological polar surface area (TPSA) is 62.6 Å². The number of methoxy groups -OCH3 is 1. The molecule has 1 heterocycles. The molecule has 0 spiro atoms. The standard InChI is InChI=1S/C18H22N2O4/c1-4-23-18(21)16-10-15(16)14-6-5-13(22-3)9-17(14)24-11-12-7-8-20(2)19-12/h5-9,15-16H,4,10-11H2,1-3H3. The molecular formula is C18H22N2O4. The Kier molecular flexibility index (Phi) is 4.74. The highest BCUT2D eigenvalue weighted by molar-refractivity contribution is 5.77. The highest BCUT2D eigenvalue weighted by Crippen LogP contribution is 2.51. The number of aromatic nitrogens is 2. The molecule has 1 aromatic carbocycles. The van der Waals surface area contributed by atoms with Crippen LogP contribution >= 0.6 is 0 Å². The molecule has 0 bridgehead atoms. The third-order valence-electron chi connectivity index (χ3n) is 4.14. The van der Waals surface area contributed by atoms with E-state index >= 15 is 0 Å². The van der Waals surface area contributed by atoms with Gasteiger partial charge < -0.3 is 14.2 Å². The number of hydrogen-bond donors (Lipinski definition) is 0. The molecule has 0 aliphatic heterocycles. The molecule has 24 heavy (non-hydrogen) atoms. The van der Waals surface area contributed by atoms with Crippen LogP contribution in [0.5, 0.6) is 11.5 Å². The first-order valence-corrected chi connectivity index (χ1v) is 8.08. The molecule has 1 fully saturated rings. The van der Waals surface area contributed by atoms with Crippen LogP contribution in [0.3, 0.4) is 0 Å². The van der Waals surface area contributed by atoms with Gasteiger partial charge in [-0.05, 0) is 31.0 Å². The predicted molar refractivity (Wildman–Crippen MR) is 88.0 cm³/mol. The Hall–Kier alpha value is -2.50. The molecule has 1 saturated carbocycles. The molecule has 2 aromatic rings. The molecule has 0 amide bonds. The van der Waals surface area contributed by atoms with Gasteiger partial charge in [-0.1, -0.05) is 6.07 Å². The van der Waals surface area contributed by atoms with Gasteiger partial charge >= 0.3 is 5.97 Å². The molecule has 1 aliphatic carbocycles. The van der Waals surface area contributed by atoms with Gasteiger partial charge in [-0.3, -0.25) is 9.48 Å². The van der Waals surface area contributed by atoms with Crippen LogP contribution in [0.4, 0.5) is 0 Å². The Morgan fingerprint density at radius 3 is 2.88 bits per heavy atom. The molecule has 2 unspecified atom stereocenters. The SMILES string of the molecule is CCOC(=O)C1CC1c1ccc(OC)cc1OCc1ccn(C)n1. The van der Waals surface area contributed by atoms with Gasteiger partial charge in [-0.2, -0.15) is 5.10 Å². The van der Waals surface area contributed by atoms with E-state index in [0.29, 0.717) is 13.2 Å². The van der Waals surface area contributed by atoms with Crippen molar-refractivity contribution in [3.8, 4) is 11.5 Å². The summed E-state index contributed by atoms with van der Waals surface area (Å²) in [4.78, 5) is 11.9. The fraction of sp³-hybridized carbons (Fsp3) is 0.444. The number of carbonyl (C=O) groups excluding carboxylic acids is 1. The Morgan fingerprint density at radius 2 is 2.21 bits per heavy atom. The minimum absolute atomic E-state index is 0.0736. The Labute approximate surface area is 141 Å². The largest absolute Gasteiger partial charge is 0.497 e. The number of hydrogen-bond acceptors (Lipinski definition) is 5. The van der Waals surface area contributed by atoms with Crippen LogP contribution in [0.25, 0.3) is 0 Å². The van der Waals surface area contributed by atoms with Gasteiger partial charge in [0.15, 0.2) is 0 Å². The summed E-state index contributed by atoms with van der Waals surface area (Å²) >= 11 is 0. The Bertz CT molecular complexity index is 726. The number of carbonyl (C=O) groups is 1. The van der Waals surface area contributed by atoms with Crippen molar-refractivity contribution in [2.75, 3.05) is 13.7 Å². The van der Waals surface area contributed by atoms with E-state index in [0.717, 1.165) is 29.2 Å².